The molecular formula is C17H14BrNO2. The summed E-state index contributed by atoms with van der Waals surface area (Å²) in [6, 6.07) is 13.4. The molecule has 1 N–H and O–H groups in total. The zero-order valence-corrected chi connectivity index (χ0v) is 13.0. The molecule has 0 aliphatic rings. The molecule has 2 aromatic carbocycles. The third-order valence-corrected chi connectivity index (χ3v) is 3.99. The Kier molecular flexibility index (Phi) is 3.90. The van der Waals surface area contributed by atoms with Crippen molar-refractivity contribution in [1.82, 2.24) is 4.98 Å². The minimum Gasteiger partial charge on any atom is -0.496 e. The number of aromatic nitrogens is 1. The van der Waals surface area contributed by atoms with E-state index in [1.807, 2.05) is 42.5 Å². The molecule has 0 spiro atoms. The van der Waals surface area contributed by atoms with Gasteiger partial charge in [-0.3, -0.25) is 4.98 Å². The lowest BCUT2D eigenvalue weighted by Crippen LogP contribution is -2.03. The number of ether oxygens (including phenoxy) is 1. The molecule has 1 atom stereocenters. The van der Waals surface area contributed by atoms with Crippen molar-refractivity contribution in [2.45, 2.75) is 6.10 Å². The molecule has 3 nitrogen and oxygen atoms in total. The molecule has 0 aliphatic heterocycles. The second-order valence-corrected chi connectivity index (χ2v) is 5.65. The maximum Gasteiger partial charge on any atom is 0.125 e. The first kappa shape index (κ1) is 14.0. The summed E-state index contributed by atoms with van der Waals surface area (Å²) in [4.78, 5) is 4.16. The highest BCUT2D eigenvalue weighted by Gasteiger charge is 2.18. The van der Waals surface area contributed by atoms with Crippen molar-refractivity contribution in [1.29, 1.82) is 0 Å². The van der Waals surface area contributed by atoms with Gasteiger partial charge in [0.05, 0.1) is 7.11 Å². The van der Waals surface area contributed by atoms with Crippen molar-refractivity contribution < 1.29 is 9.84 Å². The van der Waals surface area contributed by atoms with Gasteiger partial charge in [0.15, 0.2) is 0 Å². The minimum atomic E-state index is -0.773. The molecule has 0 fully saturated rings. The van der Waals surface area contributed by atoms with E-state index in [0.717, 1.165) is 26.4 Å². The first-order valence-electron chi connectivity index (χ1n) is 6.55. The largest absolute Gasteiger partial charge is 0.496 e. The summed E-state index contributed by atoms with van der Waals surface area (Å²) in [5.41, 5.74) is 1.54. The first-order chi connectivity index (χ1) is 10.2. The van der Waals surface area contributed by atoms with E-state index >= 15 is 0 Å². The second kappa shape index (κ2) is 5.84. The Labute approximate surface area is 131 Å². The Balaban J connectivity index is 2.17. The zero-order chi connectivity index (χ0) is 14.8. The van der Waals surface area contributed by atoms with Gasteiger partial charge in [-0.2, -0.15) is 0 Å². The fourth-order valence-corrected chi connectivity index (χ4v) is 2.84. The fraction of sp³-hybridized carbons (Fsp3) is 0.118. The highest BCUT2D eigenvalue weighted by atomic mass is 79.9. The lowest BCUT2D eigenvalue weighted by molar-refractivity contribution is 0.216. The molecule has 0 bridgehead atoms. The summed E-state index contributed by atoms with van der Waals surface area (Å²) in [6.07, 6.45) is 2.75. The van der Waals surface area contributed by atoms with Crippen LogP contribution in [0.4, 0.5) is 0 Å². The van der Waals surface area contributed by atoms with Crippen LogP contribution in [0.5, 0.6) is 5.75 Å². The Morgan fingerprint density at radius 2 is 2.00 bits per heavy atom. The summed E-state index contributed by atoms with van der Waals surface area (Å²) in [7, 11) is 1.60. The predicted molar refractivity (Wildman–Crippen MR) is 86.5 cm³/mol. The number of rotatable bonds is 3. The standard InChI is InChI=1S/C17H14BrNO2/c1-21-16-6-5-12(18)9-14(16)17(20)13-4-2-3-11-7-8-19-10-15(11)13/h2-10,17,20H,1H3. The van der Waals surface area contributed by atoms with Gasteiger partial charge in [0, 0.05) is 27.8 Å². The molecule has 4 heteroatoms. The van der Waals surface area contributed by atoms with Gasteiger partial charge in [-0.15, -0.1) is 0 Å². The first-order valence-corrected chi connectivity index (χ1v) is 7.34. The minimum absolute atomic E-state index is 0.659. The van der Waals surface area contributed by atoms with Crippen molar-refractivity contribution >= 4 is 26.7 Å². The quantitative estimate of drug-likeness (QED) is 0.778. The summed E-state index contributed by atoms with van der Waals surface area (Å²) < 4.78 is 6.26. The SMILES string of the molecule is COc1ccc(Br)cc1C(O)c1cccc2ccncc12. The van der Waals surface area contributed by atoms with Gasteiger partial charge >= 0.3 is 0 Å². The Bertz CT molecular complexity index is 783. The van der Waals surface area contributed by atoms with Gasteiger partial charge in [-0.25, -0.2) is 0 Å². The second-order valence-electron chi connectivity index (χ2n) is 4.73. The third-order valence-electron chi connectivity index (χ3n) is 3.50. The van der Waals surface area contributed by atoms with Crippen LogP contribution in [0.25, 0.3) is 10.8 Å². The summed E-state index contributed by atoms with van der Waals surface area (Å²) >= 11 is 3.44. The molecule has 1 heterocycles. The van der Waals surface area contributed by atoms with Crippen molar-refractivity contribution in [3.05, 3.63) is 70.5 Å². The van der Waals surface area contributed by atoms with Crippen molar-refractivity contribution in [3.8, 4) is 5.75 Å². The van der Waals surface area contributed by atoms with Crippen LogP contribution in [-0.2, 0) is 0 Å². The summed E-state index contributed by atoms with van der Waals surface area (Å²) in [5.74, 6) is 0.659. The number of aliphatic hydroxyl groups is 1. The lowest BCUT2D eigenvalue weighted by Gasteiger charge is -2.17. The molecule has 0 saturated heterocycles. The van der Waals surface area contributed by atoms with E-state index in [1.54, 1.807) is 19.5 Å². The van der Waals surface area contributed by atoms with Gasteiger partial charge in [-0.05, 0) is 35.2 Å². The van der Waals surface area contributed by atoms with Crippen LogP contribution in [0, 0.1) is 0 Å². The van der Waals surface area contributed by atoms with Gasteiger partial charge in [0.2, 0.25) is 0 Å². The van der Waals surface area contributed by atoms with E-state index in [-0.39, 0.29) is 0 Å². The van der Waals surface area contributed by atoms with Gasteiger partial charge in [-0.1, -0.05) is 34.1 Å². The number of aliphatic hydroxyl groups excluding tert-OH is 1. The number of hydrogen-bond donors (Lipinski definition) is 1. The van der Waals surface area contributed by atoms with Crippen LogP contribution in [0.2, 0.25) is 0 Å². The molecule has 0 radical (unpaired) electrons. The van der Waals surface area contributed by atoms with Crippen LogP contribution in [0.3, 0.4) is 0 Å². The van der Waals surface area contributed by atoms with Gasteiger partial charge < -0.3 is 9.84 Å². The van der Waals surface area contributed by atoms with Crippen molar-refractivity contribution in [2.75, 3.05) is 7.11 Å². The fourth-order valence-electron chi connectivity index (χ4n) is 2.46. The molecule has 3 aromatic rings. The average Bonchev–Trinajstić information content (AvgIpc) is 2.53. The number of nitrogens with zero attached hydrogens (tertiary/aromatic N) is 1. The number of benzene rings is 2. The summed E-state index contributed by atoms with van der Waals surface area (Å²) in [5, 5.41) is 12.8. The Morgan fingerprint density at radius 3 is 2.81 bits per heavy atom. The smallest absolute Gasteiger partial charge is 0.125 e. The molecule has 106 valence electrons. The number of fused-ring (bicyclic) bond motifs is 1. The van der Waals surface area contributed by atoms with Crippen LogP contribution in [0.15, 0.2) is 59.3 Å². The maximum absolute atomic E-state index is 10.8. The lowest BCUT2D eigenvalue weighted by atomic mass is 9.96. The third kappa shape index (κ3) is 2.64. The van der Waals surface area contributed by atoms with E-state index in [1.165, 1.54) is 0 Å². The van der Waals surface area contributed by atoms with Crippen LogP contribution >= 0.6 is 15.9 Å². The number of hydrogen-bond acceptors (Lipinski definition) is 3. The molecule has 3 rings (SSSR count). The van der Waals surface area contributed by atoms with Gasteiger partial charge in [0.1, 0.15) is 11.9 Å². The van der Waals surface area contributed by atoms with Crippen LogP contribution in [0.1, 0.15) is 17.2 Å². The van der Waals surface area contributed by atoms with Crippen molar-refractivity contribution in [3.63, 3.8) is 0 Å². The molecular weight excluding hydrogens is 330 g/mol. The molecule has 0 aliphatic carbocycles. The Morgan fingerprint density at radius 1 is 1.14 bits per heavy atom. The average molecular weight is 344 g/mol. The molecule has 1 unspecified atom stereocenters. The van der Waals surface area contributed by atoms with E-state index < -0.39 is 6.10 Å². The van der Waals surface area contributed by atoms with E-state index in [9.17, 15) is 5.11 Å². The maximum atomic E-state index is 10.8. The molecule has 1 aromatic heterocycles. The highest BCUT2D eigenvalue weighted by molar-refractivity contribution is 9.10. The van der Waals surface area contributed by atoms with E-state index in [4.69, 9.17) is 4.74 Å². The Hall–Kier alpha value is -1.91. The van der Waals surface area contributed by atoms with Crippen LogP contribution < -0.4 is 4.74 Å². The molecule has 21 heavy (non-hydrogen) atoms. The normalized spacial score (nSPS) is 12.3. The van der Waals surface area contributed by atoms with Gasteiger partial charge in [0.25, 0.3) is 0 Å². The number of halogens is 1. The topological polar surface area (TPSA) is 42.4 Å². The zero-order valence-electron chi connectivity index (χ0n) is 11.5. The monoisotopic (exact) mass is 343 g/mol. The molecule has 0 saturated carbocycles. The highest BCUT2D eigenvalue weighted by Crippen LogP contribution is 2.35. The van der Waals surface area contributed by atoms with Crippen molar-refractivity contribution in [2.24, 2.45) is 0 Å². The van der Waals surface area contributed by atoms with E-state index in [0.29, 0.717) is 5.75 Å². The van der Waals surface area contributed by atoms with E-state index in [2.05, 4.69) is 20.9 Å². The predicted octanol–water partition coefficient (Wildman–Crippen LogP) is 4.09. The molecule has 0 amide bonds. The summed E-state index contributed by atoms with van der Waals surface area (Å²) in [6.45, 7) is 0. The van der Waals surface area contributed by atoms with Crippen LogP contribution in [-0.4, -0.2) is 17.2 Å². The number of methoxy groups -OCH3 is 1. The number of pyridine rings is 1.